The molecule has 0 atom stereocenters. The second-order valence-corrected chi connectivity index (χ2v) is 6.28. The van der Waals surface area contributed by atoms with E-state index in [0.29, 0.717) is 22.8 Å². The van der Waals surface area contributed by atoms with Crippen molar-refractivity contribution in [2.75, 3.05) is 5.32 Å². The molecule has 0 saturated carbocycles. The Labute approximate surface area is 167 Å². The quantitative estimate of drug-likeness (QED) is 0.479. The number of hydrogen-bond acceptors (Lipinski definition) is 5. The molecule has 0 aliphatic rings. The molecule has 0 bridgehead atoms. The zero-order valence-electron chi connectivity index (χ0n) is 15.7. The van der Waals surface area contributed by atoms with E-state index in [-0.39, 0.29) is 5.91 Å². The topological polar surface area (TPSA) is 84.5 Å². The van der Waals surface area contributed by atoms with E-state index < -0.39 is 0 Å². The van der Waals surface area contributed by atoms with Gasteiger partial charge in [-0.15, -0.1) is 0 Å². The van der Waals surface area contributed by atoms with Crippen LogP contribution in [0.1, 0.15) is 16.1 Å². The maximum atomic E-state index is 12.6. The van der Waals surface area contributed by atoms with E-state index in [1.165, 1.54) is 0 Å². The van der Waals surface area contributed by atoms with Crippen LogP contribution in [0.25, 0.3) is 5.82 Å². The van der Waals surface area contributed by atoms with Crippen molar-refractivity contribution >= 4 is 23.0 Å². The number of azo groups is 1. The molecule has 0 saturated heterocycles. The third-order valence-electron chi connectivity index (χ3n) is 4.28. The molecule has 0 aliphatic carbocycles. The lowest BCUT2D eigenvalue weighted by Crippen LogP contribution is -2.13. The van der Waals surface area contributed by atoms with Gasteiger partial charge in [0.2, 0.25) is 0 Å². The highest BCUT2D eigenvalue weighted by atomic mass is 16.1. The van der Waals surface area contributed by atoms with E-state index in [9.17, 15) is 4.79 Å². The van der Waals surface area contributed by atoms with Crippen LogP contribution in [0.3, 0.4) is 0 Å². The molecule has 2 aromatic carbocycles. The maximum absolute atomic E-state index is 12.6. The summed E-state index contributed by atoms with van der Waals surface area (Å²) >= 11 is 0. The van der Waals surface area contributed by atoms with Crippen molar-refractivity contribution in [3.05, 3.63) is 96.4 Å². The Morgan fingerprint density at radius 3 is 2.28 bits per heavy atom. The monoisotopic (exact) mass is 382 g/mol. The lowest BCUT2D eigenvalue weighted by Gasteiger charge is -2.06. The van der Waals surface area contributed by atoms with Crippen molar-refractivity contribution in [1.82, 2.24) is 14.8 Å². The molecule has 7 heteroatoms. The molecule has 7 nitrogen and oxygen atoms in total. The van der Waals surface area contributed by atoms with Gasteiger partial charge in [0, 0.05) is 11.9 Å². The summed E-state index contributed by atoms with van der Waals surface area (Å²) in [5, 5.41) is 15.5. The molecule has 1 amide bonds. The van der Waals surface area contributed by atoms with Crippen LogP contribution in [0.5, 0.6) is 0 Å². The van der Waals surface area contributed by atoms with Crippen molar-refractivity contribution in [2.24, 2.45) is 10.2 Å². The van der Waals surface area contributed by atoms with Gasteiger partial charge in [0.05, 0.1) is 28.8 Å². The number of amides is 1. The molecule has 1 N–H and O–H groups in total. The summed E-state index contributed by atoms with van der Waals surface area (Å²) in [6.45, 7) is 1.84. The highest BCUT2D eigenvalue weighted by Gasteiger charge is 2.15. The van der Waals surface area contributed by atoms with Gasteiger partial charge in [-0.25, -0.2) is 9.67 Å². The number of carbonyl (C=O) groups excluding carboxylic acids is 1. The highest BCUT2D eigenvalue weighted by molar-refractivity contribution is 6.05. The van der Waals surface area contributed by atoms with Crippen LogP contribution in [-0.2, 0) is 0 Å². The summed E-state index contributed by atoms with van der Waals surface area (Å²) in [6.07, 6.45) is 3.23. The third-order valence-corrected chi connectivity index (χ3v) is 4.28. The van der Waals surface area contributed by atoms with E-state index in [4.69, 9.17) is 0 Å². The first-order valence-electron chi connectivity index (χ1n) is 9.05. The van der Waals surface area contributed by atoms with Crippen LogP contribution in [0, 0.1) is 6.92 Å². The predicted octanol–water partition coefficient (Wildman–Crippen LogP) is 5.24. The third kappa shape index (κ3) is 4.24. The van der Waals surface area contributed by atoms with Gasteiger partial charge in [-0.2, -0.15) is 15.3 Å². The summed E-state index contributed by atoms with van der Waals surface area (Å²) in [4.78, 5) is 16.9. The Morgan fingerprint density at radius 2 is 1.59 bits per heavy atom. The van der Waals surface area contributed by atoms with Crippen molar-refractivity contribution in [3.8, 4) is 5.82 Å². The molecule has 0 unspecified atom stereocenters. The molecular formula is C22H18N6O. The Bertz CT molecular complexity index is 1140. The summed E-state index contributed by atoms with van der Waals surface area (Å²) in [5.41, 5.74) is 3.35. The zero-order chi connectivity index (χ0) is 20.1. The van der Waals surface area contributed by atoms with Gasteiger partial charge in [-0.1, -0.05) is 24.3 Å². The van der Waals surface area contributed by atoms with Crippen molar-refractivity contribution in [3.63, 3.8) is 0 Å². The summed E-state index contributed by atoms with van der Waals surface area (Å²) in [5.74, 6) is 0.431. The fraction of sp³-hybridized carbons (Fsp3) is 0.0455. The lowest BCUT2D eigenvalue weighted by molar-refractivity contribution is 0.102. The second kappa shape index (κ2) is 8.26. The second-order valence-electron chi connectivity index (χ2n) is 6.28. The molecule has 0 fully saturated rings. The van der Waals surface area contributed by atoms with Crippen LogP contribution in [0.2, 0.25) is 0 Å². The molecular weight excluding hydrogens is 364 g/mol. The van der Waals surface area contributed by atoms with Gasteiger partial charge >= 0.3 is 0 Å². The first-order valence-corrected chi connectivity index (χ1v) is 9.05. The van der Waals surface area contributed by atoms with Crippen LogP contribution < -0.4 is 5.32 Å². The summed E-state index contributed by atoms with van der Waals surface area (Å²) in [6, 6.07) is 22.2. The number of nitrogens with zero attached hydrogens (tertiary/aromatic N) is 5. The van der Waals surface area contributed by atoms with Crippen molar-refractivity contribution < 1.29 is 4.79 Å². The van der Waals surface area contributed by atoms with Crippen LogP contribution in [0.15, 0.2) is 95.4 Å². The normalized spacial score (nSPS) is 10.9. The van der Waals surface area contributed by atoms with Gasteiger partial charge in [-0.3, -0.25) is 4.79 Å². The SMILES string of the molecule is Cc1c(C(=O)Nc2ccc(N=Nc3ccccc3)cc2)cnn1-c1ccccn1. The smallest absolute Gasteiger partial charge is 0.259 e. The summed E-state index contributed by atoms with van der Waals surface area (Å²) < 4.78 is 1.64. The Kier molecular flexibility index (Phi) is 5.20. The van der Waals surface area contributed by atoms with Crippen LogP contribution in [0.4, 0.5) is 17.1 Å². The molecule has 0 spiro atoms. The van der Waals surface area contributed by atoms with Crippen molar-refractivity contribution in [1.29, 1.82) is 0 Å². The largest absolute Gasteiger partial charge is 0.322 e. The van der Waals surface area contributed by atoms with E-state index in [2.05, 4.69) is 25.6 Å². The minimum atomic E-state index is -0.233. The molecule has 29 heavy (non-hydrogen) atoms. The number of pyridine rings is 1. The maximum Gasteiger partial charge on any atom is 0.259 e. The highest BCUT2D eigenvalue weighted by Crippen LogP contribution is 2.21. The average Bonchev–Trinajstić information content (AvgIpc) is 3.16. The first kappa shape index (κ1) is 18.2. The number of nitrogens with one attached hydrogen (secondary N) is 1. The lowest BCUT2D eigenvalue weighted by atomic mass is 10.2. The fourth-order valence-electron chi connectivity index (χ4n) is 2.76. The van der Waals surface area contributed by atoms with Gasteiger partial charge in [0.15, 0.2) is 5.82 Å². The number of anilines is 1. The Balaban J connectivity index is 1.45. The van der Waals surface area contributed by atoms with E-state index >= 15 is 0 Å². The minimum Gasteiger partial charge on any atom is -0.322 e. The zero-order valence-corrected chi connectivity index (χ0v) is 15.7. The molecule has 0 radical (unpaired) electrons. The number of benzene rings is 2. The number of rotatable bonds is 5. The molecule has 2 heterocycles. The van der Waals surface area contributed by atoms with Gasteiger partial charge in [-0.05, 0) is 55.5 Å². The molecule has 142 valence electrons. The Morgan fingerprint density at radius 1 is 0.897 bits per heavy atom. The van der Waals surface area contributed by atoms with Crippen LogP contribution >= 0.6 is 0 Å². The van der Waals surface area contributed by atoms with Gasteiger partial charge in [0.25, 0.3) is 5.91 Å². The summed E-state index contributed by atoms with van der Waals surface area (Å²) in [7, 11) is 0. The standard InChI is InChI=1S/C22H18N6O/c1-16-20(15-24-28(16)21-9-5-6-14-23-21)22(29)25-17-10-12-19(13-11-17)27-26-18-7-3-2-4-8-18/h2-15H,1H3,(H,25,29). The molecule has 4 aromatic rings. The van der Waals surface area contributed by atoms with Gasteiger partial charge < -0.3 is 5.32 Å². The average molecular weight is 382 g/mol. The number of aromatic nitrogens is 3. The molecule has 0 aliphatic heterocycles. The van der Waals surface area contributed by atoms with Gasteiger partial charge in [0.1, 0.15) is 0 Å². The molecule has 2 aromatic heterocycles. The predicted molar refractivity (Wildman–Crippen MR) is 111 cm³/mol. The number of hydrogen-bond donors (Lipinski definition) is 1. The number of carbonyl (C=O) groups is 1. The minimum absolute atomic E-state index is 0.233. The van der Waals surface area contributed by atoms with E-state index in [1.807, 2.05) is 55.5 Å². The van der Waals surface area contributed by atoms with Crippen molar-refractivity contribution in [2.45, 2.75) is 6.92 Å². The fourth-order valence-corrected chi connectivity index (χ4v) is 2.76. The molecule has 4 rings (SSSR count). The van der Waals surface area contributed by atoms with E-state index in [0.717, 1.165) is 11.4 Å². The van der Waals surface area contributed by atoms with E-state index in [1.54, 1.807) is 41.3 Å². The first-order chi connectivity index (χ1) is 14.2. The Hall–Kier alpha value is -4.13. The van der Waals surface area contributed by atoms with Crippen LogP contribution in [-0.4, -0.2) is 20.7 Å².